The van der Waals surface area contributed by atoms with Crippen molar-refractivity contribution in [3.63, 3.8) is 0 Å². The molecular weight excluding hydrogens is 585 g/mol. The van der Waals surface area contributed by atoms with Crippen LogP contribution in [-0.2, 0) is 20.0 Å². The molecule has 0 saturated heterocycles. The van der Waals surface area contributed by atoms with E-state index in [9.17, 15) is 16.8 Å². The molecule has 0 aromatic heterocycles. The highest BCUT2D eigenvalue weighted by molar-refractivity contribution is 8.08. The Morgan fingerprint density at radius 3 is 0.930 bits per heavy atom. The van der Waals surface area contributed by atoms with Gasteiger partial charge in [-0.2, -0.15) is 21.0 Å². The molecule has 0 aliphatic heterocycles. The smallest absolute Gasteiger partial charge is 0.210 e. The van der Waals surface area contributed by atoms with Gasteiger partial charge >= 0.3 is 0 Å². The van der Waals surface area contributed by atoms with Gasteiger partial charge in [0.05, 0.1) is 24.3 Å². The van der Waals surface area contributed by atoms with Crippen molar-refractivity contribution in [2.45, 2.75) is 146 Å². The van der Waals surface area contributed by atoms with E-state index in [4.69, 9.17) is 21.0 Å². The van der Waals surface area contributed by atoms with Gasteiger partial charge < -0.3 is 0 Å². The van der Waals surface area contributed by atoms with Gasteiger partial charge in [0.1, 0.15) is 0 Å². The van der Waals surface area contributed by atoms with Crippen LogP contribution < -0.4 is 0 Å². The van der Waals surface area contributed by atoms with Crippen LogP contribution in [-0.4, -0.2) is 55.7 Å². The first-order chi connectivity index (χ1) is 20.7. The molecule has 0 fully saturated rings. The van der Waals surface area contributed by atoms with Gasteiger partial charge in [-0.3, -0.25) is 0 Å². The van der Waals surface area contributed by atoms with Crippen molar-refractivity contribution in [1.82, 2.24) is 8.61 Å². The van der Waals surface area contributed by atoms with Crippen molar-refractivity contribution >= 4 is 20.0 Å². The van der Waals surface area contributed by atoms with Gasteiger partial charge in [-0.15, -0.1) is 0 Å². The van der Waals surface area contributed by atoms with Crippen LogP contribution in [0.2, 0.25) is 0 Å². The van der Waals surface area contributed by atoms with Gasteiger partial charge in [-0.25, -0.2) is 25.4 Å². The zero-order valence-corrected chi connectivity index (χ0v) is 28.2. The summed E-state index contributed by atoms with van der Waals surface area (Å²) in [6, 6.07) is 8.44. The summed E-state index contributed by atoms with van der Waals surface area (Å²) < 4.78 is 59.6. The van der Waals surface area contributed by atoms with E-state index in [0.29, 0.717) is 116 Å². The summed E-state index contributed by atoms with van der Waals surface area (Å²) >= 11 is 0. The summed E-state index contributed by atoms with van der Waals surface area (Å²) in [6.07, 6.45) is 9.79. The van der Waals surface area contributed by atoms with Crippen molar-refractivity contribution in [1.29, 1.82) is 21.0 Å². The minimum absolute atomic E-state index is 0.00969. The fourth-order valence-corrected chi connectivity index (χ4v) is 11.4. The number of sulfonamides is 2. The van der Waals surface area contributed by atoms with E-state index in [-0.39, 0.29) is 39.0 Å². The van der Waals surface area contributed by atoms with Gasteiger partial charge in [-0.05, 0) is 64.2 Å². The molecule has 0 aromatic carbocycles. The Kier molecular flexibility index (Phi) is 22.9. The topological polar surface area (TPSA) is 170 Å². The van der Waals surface area contributed by atoms with Crippen LogP contribution in [0.4, 0.5) is 0 Å². The van der Waals surface area contributed by atoms with E-state index < -0.39 is 24.1 Å². The summed E-state index contributed by atoms with van der Waals surface area (Å²) in [7, 11) is -8.66. The third-order valence-corrected chi connectivity index (χ3v) is 13.7. The average molecular weight is 639 g/mol. The highest BCUT2D eigenvalue weighted by Gasteiger charge is 2.57. The summed E-state index contributed by atoms with van der Waals surface area (Å²) in [4.78, 5) is 0. The molecule has 0 rings (SSSR count). The van der Waals surface area contributed by atoms with E-state index in [0.717, 1.165) is 0 Å². The second-order valence-corrected chi connectivity index (χ2v) is 15.8. The van der Waals surface area contributed by atoms with Gasteiger partial charge in [0.15, 0.2) is 0 Å². The lowest BCUT2D eigenvalue weighted by molar-refractivity contribution is 0.348. The Balaban J connectivity index is 6.54. The van der Waals surface area contributed by atoms with Crippen molar-refractivity contribution in [3.8, 4) is 24.3 Å². The van der Waals surface area contributed by atoms with E-state index in [1.807, 2.05) is 13.8 Å². The van der Waals surface area contributed by atoms with Crippen LogP contribution in [0.15, 0.2) is 0 Å². The molecule has 43 heavy (non-hydrogen) atoms. The van der Waals surface area contributed by atoms with Gasteiger partial charge in [0, 0.05) is 51.9 Å². The van der Waals surface area contributed by atoms with Crippen LogP contribution in [0.5, 0.6) is 0 Å². The molecule has 0 aromatic rings. The Bertz CT molecular complexity index is 993. The molecule has 0 amide bonds. The standard InChI is InChI=1S/C31H54N6O4S2/c1-3-21-31(22-4-2,42(38,39)36(27-17-9-5-13-23-32)28-18-10-6-14-24-33)43(40,41)37(29-19-11-7-15-25-34)30-20-12-8-16-26-35/h3-22,27-30H2,1-2H3. The van der Waals surface area contributed by atoms with Gasteiger partial charge in [0.25, 0.3) is 0 Å². The number of rotatable bonds is 28. The summed E-state index contributed by atoms with van der Waals surface area (Å²) in [5, 5.41) is 35.5. The molecule has 0 N–H and O–H groups in total. The largest absolute Gasteiger partial charge is 0.235 e. The Hall–Kier alpha value is -2.22. The zero-order valence-electron chi connectivity index (χ0n) is 26.6. The van der Waals surface area contributed by atoms with Crippen molar-refractivity contribution in [2.75, 3.05) is 26.2 Å². The molecule has 0 aliphatic carbocycles. The molecule has 0 radical (unpaired) electrons. The molecule has 0 heterocycles. The minimum Gasteiger partial charge on any atom is -0.210 e. The summed E-state index contributed by atoms with van der Waals surface area (Å²) in [6.45, 7) is 4.41. The van der Waals surface area contributed by atoms with Crippen LogP contribution >= 0.6 is 0 Å². The zero-order chi connectivity index (χ0) is 32.5. The van der Waals surface area contributed by atoms with Gasteiger partial charge in [-0.1, -0.05) is 52.4 Å². The number of nitrogens with zero attached hydrogens (tertiary/aromatic N) is 6. The van der Waals surface area contributed by atoms with E-state index in [2.05, 4.69) is 24.3 Å². The lowest BCUT2D eigenvalue weighted by Crippen LogP contribution is -2.58. The van der Waals surface area contributed by atoms with Crippen molar-refractivity contribution < 1.29 is 16.8 Å². The SMILES string of the molecule is CCCC(CCC)(S(=O)(=O)N(CCCCCC#N)CCCCCC#N)S(=O)(=O)N(CCCCCC#N)CCCCCC#N. The molecule has 0 unspecified atom stereocenters. The predicted octanol–water partition coefficient (Wildman–Crippen LogP) is 6.88. The molecule has 0 atom stereocenters. The first-order valence-electron chi connectivity index (χ1n) is 16.1. The highest BCUT2D eigenvalue weighted by atomic mass is 32.3. The Morgan fingerprint density at radius 1 is 0.465 bits per heavy atom. The normalized spacial score (nSPS) is 12.1. The minimum atomic E-state index is -4.33. The van der Waals surface area contributed by atoms with E-state index in [1.54, 1.807) is 0 Å². The quantitative estimate of drug-likeness (QED) is 0.0834. The monoisotopic (exact) mass is 638 g/mol. The predicted molar refractivity (Wildman–Crippen MR) is 170 cm³/mol. The molecule has 0 spiro atoms. The van der Waals surface area contributed by atoms with Crippen LogP contribution in [0, 0.1) is 45.3 Å². The van der Waals surface area contributed by atoms with Crippen LogP contribution in [0.3, 0.4) is 0 Å². The maximum atomic E-state index is 14.7. The third-order valence-electron chi connectivity index (χ3n) is 7.67. The Labute approximate surface area is 262 Å². The summed E-state index contributed by atoms with van der Waals surface area (Å²) in [5.74, 6) is 0. The first kappa shape index (κ1) is 40.8. The number of hydrogen-bond acceptors (Lipinski definition) is 8. The first-order valence-corrected chi connectivity index (χ1v) is 19.0. The van der Waals surface area contributed by atoms with Crippen LogP contribution in [0.1, 0.15) is 142 Å². The fraction of sp³-hybridized carbons (Fsp3) is 0.871. The molecule has 0 bridgehead atoms. The number of nitriles is 4. The number of unbranched alkanes of at least 4 members (excludes halogenated alkanes) is 12. The maximum absolute atomic E-state index is 14.7. The van der Waals surface area contributed by atoms with Crippen molar-refractivity contribution in [2.24, 2.45) is 0 Å². The van der Waals surface area contributed by atoms with Gasteiger partial charge in [0.2, 0.25) is 24.1 Å². The van der Waals surface area contributed by atoms with E-state index in [1.165, 1.54) is 8.61 Å². The lowest BCUT2D eigenvalue weighted by atomic mass is 10.1. The second kappa shape index (κ2) is 24.1. The number of hydrogen-bond donors (Lipinski definition) is 0. The molecule has 0 saturated carbocycles. The van der Waals surface area contributed by atoms with Crippen molar-refractivity contribution in [3.05, 3.63) is 0 Å². The highest BCUT2D eigenvalue weighted by Crippen LogP contribution is 2.40. The molecule has 10 nitrogen and oxygen atoms in total. The molecule has 12 heteroatoms. The second-order valence-electron chi connectivity index (χ2n) is 11.1. The molecular formula is C31H54N6O4S2. The lowest BCUT2D eigenvalue weighted by Gasteiger charge is -2.40. The summed E-state index contributed by atoms with van der Waals surface area (Å²) in [5.41, 5.74) is 0. The van der Waals surface area contributed by atoms with Crippen LogP contribution in [0.25, 0.3) is 0 Å². The van der Waals surface area contributed by atoms with E-state index >= 15 is 0 Å². The maximum Gasteiger partial charge on any atom is 0.235 e. The Morgan fingerprint density at radius 2 is 0.721 bits per heavy atom. The fourth-order valence-electron chi connectivity index (χ4n) is 5.39. The molecule has 244 valence electrons. The molecule has 0 aliphatic rings. The third kappa shape index (κ3) is 14.0. The average Bonchev–Trinajstić information content (AvgIpc) is 2.98.